The van der Waals surface area contributed by atoms with Crippen LogP contribution in [0.3, 0.4) is 0 Å². The Bertz CT molecular complexity index is 1110. The smallest absolute Gasteiger partial charge is 0.343 e. The summed E-state index contributed by atoms with van der Waals surface area (Å²) in [5.41, 5.74) is 3.15. The van der Waals surface area contributed by atoms with Crippen LogP contribution in [0.5, 0.6) is 0 Å². The largest absolute Gasteiger partial charge is 0.421 e. The fraction of sp³-hybridized carbons (Fsp3) is 0.829. The lowest BCUT2D eigenvalue weighted by molar-refractivity contribution is -0.464. The Balaban J connectivity index is 1.57. The minimum Gasteiger partial charge on any atom is -0.421 e. The highest BCUT2D eigenvalue weighted by Crippen LogP contribution is 2.56. The van der Waals surface area contributed by atoms with Crippen molar-refractivity contribution in [1.29, 1.82) is 0 Å². The van der Waals surface area contributed by atoms with Crippen LogP contribution in [0.1, 0.15) is 182 Å². The van der Waals surface area contributed by atoms with Crippen molar-refractivity contribution < 1.29 is 4.49 Å². The molecule has 256 valence electrons. The van der Waals surface area contributed by atoms with Crippen LogP contribution in [0.15, 0.2) is 24.3 Å². The van der Waals surface area contributed by atoms with Crippen LogP contribution in [0.4, 0.5) is 5.69 Å². The minimum absolute atomic E-state index is 0.177. The molecule has 0 N–H and O–H groups in total. The predicted molar refractivity (Wildman–Crippen MR) is 204 cm³/mol. The number of guanidine groups is 1. The molecule has 0 radical (unpaired) electrons. The highest BCUT2D eigenvalue weighted by Gasteiger charge is 2.65. The third-order valence-corrected chi connectivity index (χ3v) is 13.9. The lowest BCUT2D eigenvalue weighted by Crippen LogP contribution is -2.85. The predicted octanol–water partition coefficient (Wildman–Crippen LogP) is 12.1. The molecule has 3 nitrogen and oxygen atoms in total. The SMILES string of the molecule is CC(C)N(B(C1CCCCC1)C1CCCCC1)C1=[N+](C(C)C)[B-](C2CCCCC2)(C2CCCCC2)N1c1ccc(C(C)(C)C)cc1. The zero-order valence-electron chi connectivity index (χ0n) is 31.4. The van der Waals surface area contributed by atoms with Gasteiger partial charge in [-0.2, -0.15) is 0 Å². The highest BCUT2D eigenvalue weighted by atomic mass is 15.5. The van der Waals surface area contributed by atoms with Gasteiger partial charge in [0.25, 0.3) is 5.96 Å². The van der Waals surface area contributed by atoms with Crippen molar-refractivity contribution in [3.8, 4) is 0 Å². The molecule has 0 amide bonds. The fourth-order valence-electron chi connectivity index (χ4n) is 12.0. The number of hydrogen-bond acceptors (Lipinski definition) is 2. The van der Waals surface area contributed by atoms with E-state index in [0.29, 0.717) is 18.9 Å². The second kappa shape index (κ2) is 14.6. The van der Waals surface area contributed by atoms with Crippen LogP contribution in [0, 0.1) is 0 Å². The molecule has 4 fully saturated rings. The summed E-state index contributed by atoms with van der Waals surface area (Å²) in [4.78, 5) is 6.23. The van der Waals surface area contributed by atoms with Crippen molar-refractivity contribution in [2.75, 3.05) is 4.81 Å². The van der Waals surface area contributed by atoms with Crippen LogP contribution in [0.25, 0.3) is 0 Å². The monoisotopic (exact) mass is 628 g/mol. The van der Waals surface area contributed by atoms with E-state index in [1.54, 1.807) is 5.96 Å². The van der Waals surface area contributed by atoms with E-state index >= 15 is 0 Å². The molecule has 1 heterocycles. The van der Waals surface area contributed by atoms with Crippen molar-refractivity contribution in [3.63, 3.8) is 0 Å². The Morgan fingerprint density at radius 1 is 0.652 bits per heavy atom. The number of benzene rings is 1. The molecule has 4 aliphatic carbocycles. The summed E-state index contributed by atoms with van der Waals surface area (Å²) < 4.78 is 3.17. The van der Waals surface area contributed by atoms with Crippen molar-refractivity contribution in [3.05, 3.63) is 29.8 Å². The topological polar surface area (TPSA) is 9.49 Å². The average Bonchev–Trinajstić information content (AvgIpc) is 3.05. The Labute approximate surface area is 285 Å². The first-order valence-electron chi connectivity index (χ1n) is 20.7. The number of nitrogens with zero attached hydrogens (tertiary/aromatic N) is 3. The molecule has 5 aliphatic rings. The van der Waals surface area contributed by atoms with Gasteiger partial charge >= 0.3 is 13.3 Å². The van der Waals surface area contributed by atoms with Gasteiger partial charge in [-0.1, -0.05) is 173 Å². The first-order chi connectivity index (χ1) is 22.2. The van der Waals surface area contributed by atoms with E-state index in [-0.39, 0.29) is 5.41 Å². The van der Waals surface area contributed by atoms with Gasteiger partial charge in [-0.25, -0.2) is 0 Å². The molecule has 1 aromatic carbocycles. The van der Waals surface area contributed by atoms with Crippen LogP contribution in [-0.2, 0) is 5.41 Å². The Kier molecular flexibility index (Phi) is 11.0. The summed E-state index contributed by atoms with van der Waals surface area (Å²) >= 11 is 0. The molecule has 0 bridgehead atoms. The standard InChI is InChI=1S/C41H71B2N3/c1-32(2)44(42(35-20-12-8-13-21-35)36-22-14-9-15-23-36)40-45(33(3)4)43(37-24-16-10-17-25-37,38-26-18-11-19-27-38)46(40)39-30-28-34(29-31-39)41(5,6)7/h28-33,35-38H,8-27H2,1-7H3. The van der Waals surface area contributed by atoms with Crippen molar-refractivity contribution in [1.82, 2.24) is 4.81 Å². The van der Waals surface area contributed by atoms with E-state index < -0.39 is 6.42 Å². The Morgan fingerprint density at radius 2 is 1.07 bits per heavy atom. The second-order valence-corrected chi connectivity index (χ2v) is 18.5. The van der Waals surface area contributed by atoms with Gasteiger partial charge in [-0.3, -0.25) is 0 Å². The summed E-state index contributed by atoms with van der Waals surface area (Å²) in [5, 5.41) is 0. The molecular formula is C41H71B2N3. The molecule has 46 heavy (non-hydrogen) atoms. The van der Waals surface area contributed by atoms with Crippen LogP contribution in [-0.4, -0.2) is 40.6 Å². The van der Waals surface area contributed by atoms with E-state index in [9.17, 15) is 0 Å². The Hall–Kier alpha value is -1.38. The minimum atomic E-state index is -0.887. The molecule has 6 rings (SSSR count). The quantitative estimate of drug-likeness (QED) is 0.265. The van der Waals surface area contributed by atoms with Crippen LogP contribution in [0.2, 0.25) is 23.3 Å². The third-order valence-electron chi connectivity index (χ3n) is 13.9. The molecule has 0 atom stereocenters. The lowest BCUT2D eigenvalue weighted by atomic mass is 9.23. The summed E-state index contributed by atoms with van der Waals surface area (Å²) in [6.07, 6.45) is 27.9. The normalized spacial score (nSPS) is 24.5. The lowest BCUT2D eigenvalue weighted by Gasteiger charge is -2.68. The van der Waals surface area contributed by atoms with Crippen LogP contribution < -0.4 is 4.81 Å². The van der Waals surface area contributed by atoms with Gasteiger partial charge in [-0.05, 0) is 62.4 Å². The molecule has 0 aromatic heterocycles. The first kappa shape index (κ1) is 34.5. The van der Waals surface area contributed by atoms with Gasteiger partial charge in [0.15, 0.2) is 0 Å². The Morgan fingerprint density at radius 3 is 1.43 bits per heavy atom. The summed E-state index contributed by atoms with van der Waals surface area (Å²) in [6.45, 7) is 18.1. The molecular weight excluding hydrogens is 556 g/mol. The maximum atomic E-state index is 3.17. The average molecular weight is 628 g/mol. The number of hydrogen-bond donors (Lipinski definition) is 0. The summed E-state index contributed by atoms with van der Waals surface area (Å²) in [6, 6.07) is 11.2. The fourth-order valence-corrected chi connectivity index (χ4v) is 12.0. The molecule has 5 heteroatoms. The van der Waals surface area contributed by atoms with Gasteiger partial charge < -0.3 is 14.1 Å². The molecule has 1 aromatic rings. The zero-order valence-corrected chi connectivity index (χ0v) is 31.4. The maximum absolute atomic E-state index is 3.17. The van der Waals surface area contributed by atoms with Crippen LogP contribution >= 0.6 is 0 Å². The highest BCUT2D eigenvalue weighted by molar-refractivity contribution is 6.87. The van der Waals surface area contributed by atoms with Crippen molar-refractivity contribution >= 4 is 24.9 Å². The van der Waals surface area contributed by atoms with Gasteiger partial charge in [0.05, 0.1) is 11.7 Å². The molecule has 0 spiro atoms. The van der Waals surface area contributed by atoms with E-state index in [4.69, 9.17) is 0 Å². The van der Waals surface area contributed by atoms with Gasteiger partial charge in [0.1, 0.15) is 0 Å². The summed E-state index contributed by atoms with van der Waals surface area (Å²) in [5.74, 6) is 4.94. The van der Waals surface area contributed by atoms with Crippen molar-refractivity contribution in [2.24, 2.45) is 0 Å². The maximum Gasteiger partial charge on any atom is 0.343 e. The van der Waals surface area contributed by atoms with E-state index in [2.05, 4.69) is 86.8 Å². The number of rotatable bonds is 8. The van der Waals surface area contributed by atoms with E-state index in [1.165, 1.54) is 140 Å². The van der Waals surface area contributed by atoms with Gasteiger partial charge in [0.2, 0.25) is 0 Å². The number of anilines is 1. The van der Waals surface area contributed by atoms with E-state index in [1.807, 2.05) is 0 Å². The van der Waals surface area contributed by atoms with Gasteiger partial charge in [0, 0.05) is 6.04 Å². The molecule has 4 saturated carbocycles. The first-order valence-corrected chi connectivity index (χ1v) is 20.7. The zero-order chi connectivity index (χ0) is 32.5. The second-order valence-electron chi connectivity index (χ2n) is 18.5. The summed E-state index contributed by atoms with van der Waals surface area (Å²) in [7, 11) is 0. The molecule has 0 saturated heterocycles. The molecule has 1 aliphatic heterocycles. The third kappa shape index (κ3) is 6.49. The van der Waals surface area contributed by atoms with E-state index in [0.717, 1.165) is 23.3 Å². The molecule has 0 unspecified atom stereocenters. The van der Waals surface area contributed by atoms with Gasteiger partial charge in [-0.15, -0.1) is 0 Å². The van der Waals surface area contributed by atoms with Crippen molar-refractivity contribution in [2.45, 2.75) is 218 Å².